The maximum atomic E-state index is 12.9. The number of thiazole rings is 1. The molecule has 1 aliphatic heterocycles. The molecular formula is C21H16N6O4S. The van der Waals surface area contributed by atoms with Gasteiger partial charge in [-0.15, -0.1) is 5.10 Å². The highest BCUT2D eigenvalue weighted by Crippen LogP contribution is 2.23. The van der Waals surface area contributed by atoms with Gasteiger partial charge in [0.1, 0.15) is 10.3 Å². The summed E-state index contributed by atoms with van der Waals surface area (Å²) in [5.41, 5.74) is 1.78. The number of benzene rings is 1. The van der Waals surface area contributed by atoms with E-state index in [0.29, 0.717) is 26.8 Å². The van der Waals surface area contributed by atoms with Crippen molar-refractivity contribution in [2.75, 3.05) is 7.11 Å². The summed E-state index contributed by atoms with van der Waals surface area (Å²) in [5.74, 6) is 0.0919. The molecule has 1 aromatic carbocycles. The first-order chi connectivity index (χ1) is 15.5. The van der Waals surface area contributed by atoms with E-state index >= 15 is 0 Å². The zero-order valence-electron chi connectivity index (χ0n) is 16.7. The highest BCUT2D eigenvalue weighted by Gasteiger charge is 2.32. The number of carboxylic acids is 1. The predicted molar refractivity (Wildman–Crippen MR) is 117 cm³/mol. The summed E-state index contributed by atoms with van der Waals surface area (Å²) in [6.07, 6.45) is 4.91. The van der Waals surface area contributed by atoms with Gasteiger partial charge >= 0.3 is 5.97 Å². The Hall–Kier alpha value is -4.12. The quantitative estimate of drug-likeness (QED) is 0.484. The lowest BCUT2D eigenvalue weighted by Gasteiger charge is -2.14. The summed E-state index contributed by atoms with van der Waals surface area (Å²) in [5, 5.41) is 19.7. The molecule has 0 unspecified atom stereocenters. The molecule has 32 heavy (non-hydrogen) atoms. The average molecular weight is 448 g/mol. The molecule has 1 atom stereocenters. The van der Waals surface area contributed by atoms with Crippen molar-refractivity contribution < 1.29 is 14.6 Å². The van der Waals surface area contributed by atoms with Gasteiger partial charge in [0.2, 0.25) is 4.96 Å². The van der Waals surface area contributed by atoms with Gasteiger partial charge in [-0.3, -0.25) is 14.8 Å². The van der Waals surface area contributed by atoms with Crippen LogP contribution in [0.4, 0.5) is 0 Å². The molecule has 5 rings (SSSR count). The van der Waals surface area contributed by atoms with E-state index in [1.54, 1.807) is 43.8 Å². The van der Waals surface area contributed by atoms with Crippen molar-refractivity contribution >= 4 is 34.2 Å². The molecule has 0 radical (unpaired) electrons. The van der Waals surface area contributed by atoms with Crippen molar-refractivity contribution in [3.8, 4) is 17.1 Å². The molecule has 160 valence electrons. The van der Waals surface area contributed by atoms with Crippen LogP contribution in [0.3, 0.4) is 0 Å². The van der Waals surface area contributed by atoms with Crippen LogP contribution in [0.15, 0.2) is 58.7 Å². The van der Waals surface area contributed by atoms with Crippen LogP contribution in [-0.4, -0.2) is 54.5 Å². The fraction of sp³-hybridized carbons (Fsp3) is 0.143. The molecule has 0 saturated heterocycles. The first-order valence-electron chi connectivity index (χ1n) is 9.58. The van der Waals surface area contributed by atoms with Gasteiger partial charge < -0.3 is 9.84 Å². The van der Waals surface area contributed by atoms with Crippen molar-refractivity contribution in [2.45, 2.75) is 12.5 Å². The van der Waals surface area contributed by atoms with Crippen LogP contribution < -0.4 is 14.8 Å². The zero-order valence-corrected chi connectivity index (χ0v) is 17.6. The van der Waals surface area contributed by atoms with Gasteiger partial charge in [-0.2, -0.15) is 14.6 Å². The highest BCUT2D eigenvalue weighted by atomic mass is 32.1. The molecule has 0 spiro atoms. The Labute approximate surface area is 184 Å². The Morgan fingerprint density at radius 3 is 2.59 bits per heavy atom. The van der Waals surface area contributed by atoms with Crippen LogP contribution in [0.25, 0.3) is 22.5 Å². The first-order valence-corrected chi connectivity index (χ1v) is 10.4. The number of hydrazone groups is 1. The Balaban J connectivity index is 1.52. The normalized spacial score (nSPS) is 16.5. The number of hydrogen-bond donors (Lipinski definition) is 1. The van der Waals surface area contributed by atoms with Crippen LogP contribution in [0, 0.1) is 0 Å². The molecule has 0 saturated carbocycles. The molecule has 4 aromatic rings. The SMILES string of the molecule is COc1ccc(C2=NN(/C=c3\sc4nc(-c5ccncc5)nn4c3=O)[C@H](C(=O)O)C2)cc1. The molecule has 1 N–H and O–H groups in total. The van der Waals surface area contributed by atoms with Gasteiger partial charge in [0.25, 0.3) is 5.56 Å². The summed E-state index contributed by atoms with van der Waals surface area (Å²) >= 11 is 1.13. The Morgan fingerprint density at radius 1 is 1.19 bits per heavy atom. The minimum absolute atomic E-state index is 0.208. The van der Waals surface area contributed by atoms with Gasteiger partial charge in [-0.1, -0.05) is 11.3 Å². The second kappa shape index (κ2) is 7.85. The maximum Gasteiger partial charge on any atom is 0.328 e. The number of pyridine rings is 1. The van der Waals surface area contributed by atoms with E-state index in [1.165, 1.54) is 15.7 Å². The van der Waals surface area contributed by atoms with E-state index in [1.807, 2.05) is 12.1 Å². The number of ether oxygens (including phenoxy) is 1. The molecule has 11 heteroatoms. The number of aliphatic carboxylic acids is 1. The number of methoxy groups -OCH3 is 1. The molecule has 3 aromatic heterocycles. The zero-order chi connectivity index (χ0) is 22.2. The number of hydrogen-bond acceptors (Lipinski definition) is 9. The molecular weight excluding hydrogens is 432 g/mol. The smallest absolute Gasteiger partial charge is 0.328 e. The number of fused-ring (bicyclic) bond motifs is 1. The van der Waals surface area contributed by atoms with Gasteiger partial charge in [-0.05, 0) is 42.0 Å². The number of aromatic nitrogens is 4. The summed E-state index contributed by atoms with van der Waals surface area (Å²) in [7, 11) is 1.58. The maximum absolute atomic E-state index is 12.9. The van der Waals surface area contributed by atoms with E-state index in [9.17, 15) is 14.7 Å². The summed E-state index contributed by atoms with van der Waals surface area (Å²) in [6, 6.07) is 9.82. The molecule has 0 bridgehead atoms. The molecule has 4 heterocycles. The van der Waals surface area contributed by atoms with Gasteiger partial charge in [0.05, 0.1) is 12.8 Å². The first kappa shape index (κ1) is 19.8. The van der Waals surface area contributed by atoms with Crippen LogP contribution in [-0.2, 0) is 4.79 Å². The molecule has 0 amide bonds. The van der Waals surface area contributed by atoms with Crippen LogP contribution in [0.5, 0.6) is 5.75 Å². The molecule has 10 nitrogen and oxygen atoms in total. The second-order valence-electron chi connectivity index (χ2n) is 6.98. The summed E-state index contributed by atoms with van der Waals surface area (Å²) < 4.78 is 6.67. The lowest BCUT2D eigenvalue weighted by atomic mass is 10.0. The van der Waals surface area contributed by atoms with E-state index in [4.69, 9.17) is 4.74 Å². The number of rotatable bonds is 5. The lowest BCUT2D eigenvalue weighted by Crippen LogP contribution is -2.34. The molecule has 1 aliphatic rings. The predicted octanol–water partition coefficient (Wildman–Crippen LogP) is 1.24. The van der Waals surface area contributed by atoms with Crippen molar-refractivity contribution in [2.24, 2.45) is 5.10 Å². The lowest BCUT2D eigenvalue weighted by molar-refractivity contribution is -0.141. The van der Waals surface area contributed by atoms with Gasteiger partial charge in [-0.25, -0.2) is 4.79 Å². The highest BCUT2D eigenvalue weighted by molar-refractivity contribution is 7.15. The number of carboxylic acid groups (broad SMARTS) is 1. The monoisotopic (exact) mass is 448 g/mol. The van der Waals surface area contributed by atoms with Crippen LogP contribution >= 0.6 is 11.3 Å². The number of nitrogens with zero attached hydrogens (tertiary/aromatic N) is 6. The molecule has 0 fully saturated rings. The minimum atomic E-state index is -1.03. The van der Waals surface area contributed by atoms with Crippen LogP contribution in [0.2, 0.25) is 0 Å². The van der Waals surface area contributed by atoms with Crippen LogP contribution in [0.1, 0.15) is 12.0 Å². The largest absolute Gasteiger partial charge is 0.497 e. The van der Waals surface area contributed by atoms with E-state index in [0.717, 1.165) is 22.5 Å². The molecule has 0 aliphatic carbocycles. The minimum Gasteiger partial charge on any atom is -0.497 e. The third-order valence-corrected chi connectivity index (χ3v) is 5.97. The Morgan fingerprint density at radius 2 is 1.94 bits per heavy atom. The van der Waals surface area contributed by atoms with Crippen molar-refractivity contribution in [3.63, 3.8) is 0 Å². The van der Waals surface area contributed by atoms with E-state index in [-0.39, 0.29) is 12.0 Å². The Kier molecular flexibility index (Phi) is 4.86. The number of carbonyl (C=O) groups is 1. The fourth-order valence-electron chi connectivity index (χ4n) is 3.37. The summed E-state index contributed by atoms with van der Waals surface area (Å²) in [4.78, 5) is 33.5. The van der Waals surface area contributed by atoms with E-state index < -0.39 is 12.0 Å². The van der Waals surface area contributed by atoms with Crippen molar-refractivity contribution in [3.05, 3.63) is 69.2 Å². The average Bonchev–Trinajstić information content (AvgIpc) is 3.50. The standard InChI is InChI=1S/C21H16N6O4S/c1-31-14-4-2-12(3-5-14)15-10-16(20(29)30)26(24-15)11-17-19(28)27-21(32-17)23-18(25-27)13-6-8-22-9-7-13/h2-9,11,16H,10H2,1H3,(H,29,30)/b17-11-/t16-/m0/s1. The topological polar surface area (TPSA) is 122 Å². The third kappa shape index (κ3) is 3.48. The van der Waals surface area contributed by atoms with Crippen molar-refractivity contribution in [1.29, 1.82) is 0 Å². The fourth-order valence-corrected chi connectivity index (χ4v) is 4.25. The van der Waals surface area contributed by atoms with Crippen molar-refractivity contribution in [1.82, 2.24) is 24.6 Å². The Bertz CT molecular complexity index is 1450. The second-order valence-corrected chi connectivity index (χ2v) is 7.99. The van der Waals surface area contributed by atoms with E-state index in [2.05, 4.69) is 20.2 Å². The van der Waals surface area contributed by atoms with Gasteiger partial charge in [0, 0.05) is 30.6 Å². The van der Waals surface area contributed by atoms with Gasteiger partial charge in [0.15, 0.2) is 11.9 Å². The summed E-state index contributed by atoms with van der Waals surface area (Å²) in [6.45, 7) is 0. The third-order valence-electron chi connectivity index (χ3n) is 5.02.